The van der Waals surface area contributed by atoms with Gasteiger partial charge in [0.05, 0.1) is 5.60 Å². The van der Waals surface area contributed by atoms with Crippen LogP contribution in [0.3, 0.4) is 0 Å². The molecule has 4 aliphatic carbocycles. The van der Waals surface area contributed by atoms with Gasteiger partial charge in [0.25, 0.3) is 0 Å². The number of carbonyl (C=O) groups excluding carboxylic acids is 2. The Bertz CT molecular complexity index is 995. The first-order valence-electron chi connectivity index (χ1n) is 16.7. The van der Waals surface area contributed by atoms with Gasteiger partial charge >= 0.3 is 11.9 Å². The molecule has 8 nitrogen and oxygen atoms in total. The van der Waals surface area contributed by atoms with E-state index >= 15 is 0 Å². The standard InChI is InChI=1S/C33H55N3O5/c1-22(37)40-24-9-12-32(4)26-10-11-31(3)27(20-28(30(31)41-23(2)38)35-17-15-34(5)16-18-35)25(26)19-29(33(32,39)21-24)36-13-7-6-8-14-36/h24-30,39H,6-21H2,1-5H3/t24-,25+,26-,27-,28-,29+,30-,31-,32+,33-/m0/s1. The maximum absolute atomic E-state index is 12.9. The van der Waals surface area contributed by atoms with Gasteiger partial charge in [-0.05, 0) is 89.3 Å². The minimum atomic E-state index is -0.873. The van der Waals surface area contributed by atoms with E-state index in [-0.39, 0.29) is 47.1 Å². The Hall–Kier alpha value is -1.22. The number of rotatable bonds is 4. The van der Waals surface area contributed by atoms with E-state index in [4.69, 9.17) is 9.47 Å². The fourth-order valence-electron chi connectivity index (χ4n) is 11.1. The van der Waals surface area contributed by atoms with Crippen molar-refractivity contribution in [2.24, 2.45) is 28.6 Å². The summed E-state index contributed by atoms with van der Waals surface area (Å²) in [6.07, 6.45) is 9.81. The summed E-state index contributed by atoms with van der Waals surface area (Å²) in [5.74, 6) is 0.991. The molecule has 0 bridgehead atoms. The second-order valence-corrected chi connectivity index (χ2v) is 15.3. The van der Waals surface area contributed by atoms with Gasteiger partial charge in [0.2, 0.25) is 0 Å². The number of fused-ring (bicyclic) bond motifs is 5. The maximum Gasteiger partial charge on any atom is 0.302 e. The van der Waals surface area contributed by atoms with E-state index in [1.807, 2.05) is 0 Å². The number of ether oxygens (including phenoxy) is 2. The molecule has 2 saturated heterocycles. The molecule has 4 saturated carbocycles. The first kappa shape index (κ1) is 29.8. The van der Waals surface area contributed by atoms with Crippen LogP contribution in [0.5, 0.6) is 0 Å². The number of nitrogens with zero attached hydrogens (tertiary/aromatic N) is 3. The van der Waals surface area contributed by atoms with Crippen LogP contribution < -0.4 is 0 Å². The summed E-state index contributed by atoms with van der Waals surface area (Å²) in [5.41, 5.74) is -1.14. The number of esters is 2. The summed E-state index contributed by atoms with van der Waals surface area (Å²) < 4.78 is 12.1. The third-order valence-electron chi connectivity index (χ3n) is 13.2. The first-order valence-corrected chi connectivity index (χ1v) is 16.7. The smallest absolute Gasteiger partial charge is 0.302 e. The number of aliphatic hydroxyl groups is 1. The number of hydrogen-bond acceptors (Lipinski definition) is 8. The normalized spacial score (nSPS) is 47.6. The minimum absolute atomic E-state index is 0.0476. The number of likely N-dealkylation sites (N-methyl/N-ethyl adjacent to an activating group) is 1. The van der Waals surface area contributed by atoms with Gasteiger partial charge in [0.1, 0.15) is 12.2 Å². The average Bonchev–Trinajstić information content (AvgIpc) is 3.21. The lowest BCUT2D eigenvalue weighted by Crippen LogP contribution is -2.72. The minimum Gasteiger partial charge on any atom is -0.462 e. The highest BCUT2D eigenvalue weighted by Crippen LogP contribution is 2.68. The molecule has 0 spiro atoms. The van der Waals surface area contributed by atoms with Gasteiger partial charge in [-0.1, -0.05) is 20.3 Å². The number of piperazine rings is 1. The monoisotopic (exact) mass is 573 g/mol. The van der Waals surface area contributed by atoms with E-state index in [1.54, 1.807) is 6.92 Å². The summed E-state index contributed by atoms with van der Waals surface area (Å²) in [4.78, 5) is 32.1. The van der Waals surface area contributed by atoms with Crippen molar-refractivity contribution >= 4 is 11.9 Å². The fourth-order valence-corrected chi connectivity index (χ4v) is 11.1. The van der Waals surface area contributed by atoms with Crippen molar-refractivity contribution < 1.29 is 24.2 Å². The maximum atomic E-state index is 12.9. The van der Waals surface area contributed by atoms with Gasteiger partial charge in [0.15, 0.2) is 0 Å². The SMILES string of the molecule is CC(=O)O[C@H]1CC[C@]2(C)[C@H]3CC[C@@]4(C)[C@@H](C[C@H](N5CCN(C)CC5)[C@@H]4OC(C)=O)[C@@H]3C[C@@H](N3CCCCC3)[C@@]2(O)C1. The molecule has 2 heterocycles. The Morgan fingerprint density at radius 2 is 1.49 bits per heavy atom. The van der Waals surface area contributed by atoms with E-state index < -0.39 is 5.60 Å². The highest BCUT2D eigenvalue weighted by molar-refractivity contribution is 5.66. The lowest BCUT2D eigenvalue weighted by molar-refractivity contribution is -0.255. The van der Waals surface area contributed by atoms with Gasteiger partial charge in [-0.25, -0.2) is 0 Å². The van der Waals surface area contributed by atoms with Crippen LogP contribution in [0.2, 0.25) is 0 Å². The molecule has 2 aliphatic heterocycles. The van der Waals surface area contributed by atoms with Crippen molar-refractivity contribution in [3.8, 4) is 0 Å². The number of hydrogen-bond donors (Lipinski definition) is 1. The molecular weight excluding hydrogens is 518 g/mol. The van der Waals surface area contributed by atoms with Gasteiger partial charge in [0, 0.05) is 69.4 Å². The second kappa shape index (κ2) is 11.0. The molecule has 41 heavy (non-hydrogen) atoms. The molecule has 6 rings (SSSR count). The van der Waals surface area contributed by atoms with Crippen molar-refractivity contribution in [3.63, 3.8) is 0 Å². The average molecular weight is 574 g/mol. The van der Waals surface area contributed by atoms with Crippen LogP contribution in [0.25, 0.3) is 0 Å². The molecule has 0 aromatic rings. The third kappa shape index (κ3) is 4.97. The zero-order valence-electron chi connectivity index (χ0n) is 26.3. The van der Waals surface area contributed by atoms with E-state index in [0.717, 1.165) is 77.8 Å². The Labute approximate surface area is 247 Å². The molecule has 6 fully saturated rings. The van der Waals surface area contributed by atoms with Crippen molar-refractivity contribution in [2.75, 3.05) is 46.3 Å². The molecule has 10 atom stereocenters. The molecule has 0 unspecified atom stereocenters. The number of carbonyl (C=O) groups is 2. The van der Waals surface area contributed by atoms with E-state index in [1.165, 1.54) is 26.2 Å². The molecular formula is C33H55N3O5. The fraction of sp³-hybridized carbons (Fsp3) is 0.939. The van der Waals surface area contributed by atoms with Crippen molar-refractivity contribution in [2.45, 2.75) is 122 Å². The zero-order chi connectivity index (χ0) is 29.2. The summed E-state index contributed by atoms with van der Waals surface area (Å²) in [6.45, 7) is 14.1. The topological polar surface area (TPSA) is 82.6 Å². The van der Waals surface area contributed by atoms with E-state index in [2.05, 4.69) is 35.6 Å². The molecule has 0 radical (unpaired) electrons. The summed E-state index contributed by atoms with van der Waals surface area (Å²) in [6, 6.07) is 0.340. The molecule has 0 aromatic carbocycles. The van der Waals surface area contributed by atoms with Crippen molar-refractivity contribution in [3.05, 3.63) is 0 Å². The van der Waals surface area contributed by atoms with Gasteiger partial charge in [-0.15, -0.1) is 0 Å². The molecule has 6 aliphatic rings. The highest BCUT2D eigenvalue weighted by atomic mass is 16.5. The molecule has 1 N–H and O–H groups in total. The lowest BCUT2D eigenvalue weighted by atomic mass is 9.42. The number of likely N-dealkylation sites (tertiary alicyclic amines) is 1. The Kier molecular flexibility index (Phi) is 8.04. The third-order valence-corrected chi connectivity index (χ3v) is 13.2. The summed E-state index contributed by atoms with van der Waals surface area (Å²) in [5, 5.41) is 12.9. The Balaban J connectivity index is 1.35. The van der Waals surface area contributed by atoms with Crippen LogP contribution in [-0.4, -0.2) is 108 Å². The second-order valence-electron chi connectivity index (χ2n) is 15.3. The molecule has 0 amide bonds. The van der Waals surface area contributed by atoms with Crippen LogP contribution >= 0.6 is 0 Å². The number of piperidine rings is 1. The highest BCUT2D eigenvalue weighted by Gasteiger charge is 2.70. The van der Waals surface area contributed by atoms with E-state index in [9.17, 15) is 14.7 Å². The Morgan fingerprint density at radius 1 is 0.805 bits per heavy atom. The molecule has 232 valence electrons. The van der Waals surface area contributed by atoms with E-state index in [0.29, 0.717) is 24.2 Å². The predicted molar refractivity (Wildman–Crippen MR) is 157 cm³/mol. The Morgan fingerprint density at radius 3 is 2.15 bits per heavy atom. The largest absolute Gasteiger partial charge is 0.462 e. The van der Waals surface area contributed by atoms with Gasteiger partial charge < -0.3 is 19.5 Å². The van der Waals surface area contributed by atoms with Gasteiger partial charge in [-0.3, -0.25) is 19.4 Å². The van der Waals surface area contributed by atoms with Crippen LogP contribution in [0, 0.1) is 28.6 Å². The van der Waals surface area contributed by atoms with Crippen LogP contribution in [0.4, 0.5) is 0 Å². The lowest BCUT2D eigenvalue weighted by Gasteiger charge is -2.67. The first-order chi connectivity index (χ1) is 19.5. The van der Waals surface area contributed by atoms with Crippen molar-refractivity contribution in [1.29, 1.82) is 0 Å². The molecule has 0 aromatic heterocycles. The predicted octanol–water partition coefficient (Wildman–Crippen LogP) is 3.70. The quantitative estimate of drug-likeness (QED) is 0.510. The molecule has 8 heteroatoms. The van der Waals surface area contributed by atoms with Crippen LogP contribution in [0.15, 0.2) is 0 Å². The zero-order valence-corrected chi connectivity index (χ0v) is 26.3. The summed E-state index contributed by atoms with van der Waals surface area (Å²) in [7, 11) is 2.20. The van der Waals surface area contributed by atoms with Crippen molar-refractivity contribution in [1.82, 2.24) is 14.7 Å². The van der Waals surface area contributed by atoms with Crippen LogP contribution in [0.1, 0.15) is 91.9 Å². The summed E-state index contributed by atoms with van der Waals surface area (Å²) >= 11 is 0. The van der Waals surface area contributed by atoms with Crippen LogP contribution in [-0.2, 0) is 19.1 Å². The van der Waals surface area contributed by atoms with Gasteiger partial charge in [-0.2, -0.15) is 0 Å².